The highest BCUT2D eigenvalue weighted by molar-refractivity contribution is 6.07. The van der Waals surface area contributed by atoms with Crippen molar-refractivity contribution in [1.82, 2.24) is 0 Å². The van der Waals surface area contributed by atoms with Crippen molar-refractivity contribution < 1.29 is 28.6 Å². The largest absolute Gasteiger partial charge is 0.505 e. The SMILES string of the molecule is COc1ccc([C@@H]2CCc3cc(OC(=O)C(C)(C)C)ccc3C2)c(N(C(=O)c2ccc(O)c(F)c2)C(C)C)c1. The van der Waals surface area contributed by atoms with Crippen LogP contribution in [0.25, 0.3) is 0 Å². The monoisotopic (exact) mass is 533 g/mol. The van der Waals surface area contributed by atoms with Crippen LogP contribution in [0.1, 0.15) is 74.0 Å². The summed E-state index contributed by atoms with van der Waals surface area (Å²) in [5, 5.41) is 9.61. The van der Waals surface area contributed by atoms with E-state index in [0.717, 1.165) is 36.5 Å². The average molecular weight is 534 g/mol. The van der Waals surface area contributed by atoms with Gasteiger partial charge in [-0.15, -0.1) is 0 Å². The third-order valence-electron chi connectivity index (χ3n) is 7.10. The first-order valence-corrected chi connectivity index (χ1v) is 13.2. The summed E-state index contributed by atoms with van der Waals surface area (Å²) in [7, 11) is 1.58. The molecule has 39 heavy (non-hydrogen) atoms. The molecule has 0 aromatic heterocycles. The van der Waals surface area contributed by atoms with E-state index in [4.69, 9.17) is 9.47 Å². The summed E-state index contributed by atoms with van der Waals surface area (Å²) < 4.78 is 25.2. The number of ether oxygens (including phenoxy) is 2. The van der Waals surface area contributed by atoms with Crippen molar-refractivity contribution in [2.45, 2.75) is 65.8 Å². The Balaban J connectivity index is 1.67. The summed E-state index contributed by atoms with van der Waals surface area (Å²) in [6.07, 6.45) is 2.40. The molecule has 7 heteroatoms. The number of aromatic hydroxyl groups is 1. The summed E-state index contributed by atoms with van der Waals surface area (Å²) in [5.74, 6) is -0.674. The molecule has 0 spiro atoms. The van der Waals surface area contributed by atoms with Crippen LogP contribution in [0.4, 0.5) is 10.1 Å². The average Bonchev–Trinajstić information content (AvgIpc) is 2.89. The molecule has 1 aliphatic rings. The minimum atomic E-state index is -0.841. The van der Waals surface area contributed by atoms with Crippen molar-refractivity contribution in [2.75, 3.05) is 12.0 Å². The molecule has 0 unspecified atom stereocenters. The van der Waals surface area contributed by atoms with Crippen LogP contribution < -0.4 is 14.4 Å². The molecule has 0 radical (unpaired) electrons. The second-order valence-corrected chi connectivity index (χ2v) is 11.4. The predicted octanol–water partition coefficient (Wildman–Crippen LogP) is 6.82. The van der Waals surface area contributed by atoms with Gasteiger partial charge in [0.2, 0.25) is 0 Å². The van der Waals surface area contributed by atoms with E-state index >= 15 is 0 Å². The van der Waals surface area contributed by atoms with Gasteiger partial charge in [-0.25, -0.2) is 4.39 Å². The Morgan fingerprint density at radius 3 is 2.36 bits per heavy atom. The molecule has 3 aromatic carbocycles. The first-order valence-electron chi connectivity index (χ1n) is 13.2. The second-order valence-electron chi connectivity index (χ2n) is 11.4. The lowest BCUT2D eigenvalue weighted by Crippen LogP contribution is -2.38. The quantitative estimate of drug-likeness (QED) is 0.278. The molecule has 0 aliphatic heterocycles. The Labute approximate surface area is 229 Å². The molecule has 0 saturated carbocycles. The van der Waals surface area contributed by atoms with Crippen molar-refractivity contribution in [1.29, 1.82) is 0 Å². The van der Waals surface area contributed by atoms with Crippen LogP contribution in [0.15, 0.2) is 54.6 Å². The van der Waals surface area contributed by atoms with Crippen LogP contribution >= 0.6 is 0 Å². The fraction of sp³-hybridized carbons (Fsp3) is 0.375. The van der Waals surface area contributed by atoms with Gasteiger partial charge in [-0.1, -0.05) is 12.1 Å². The van der Waals surface area contributed by atoms with E-state index in [1.54, 1.807) is 12.0 Å². The number of carbonyl (C=O) groups excluding carboxylic acids is 2. The highest BCUT2D eigenvalue weighted by Gasteiger charge is 2.30. The Hall–Kier alpha value is -3.87. The second kappa shape index (κ2) is 11.1. The van der Waals surface area contributed by atoms with Crippen LogP contribution in [0.5, 0.6) is 17.2 Å². The number of amides is 1. The van der Waals surface area contributed by atoms with Gasteiger partial charge in [0.05, 0.1) is 18.2 Å². The van der Waals surface area contributed by atoms with Gasteiger partial charge in [-0.05, 0) is 113 Å². The first-order chi connectivity index (χ1) is 18.4. The Morgan fingerprint density at radius 1 is 1.00 bits per heavy atom. The molecule has 206 valence electrons. The van der Waals surface area contributed by atoms with Crippen LogP contribution in [0.3, 0.4) is 0 Å². The van der Waals surface area contributed by atoms with E-state index in [1.165, 1.54) is 17.7 Å². The van der Waals surface area contributed by atoms with Crippen LogP contribution in [-0.4, -0.2) is 30.1 Å². The van der Waals surface area contributed by atoms with Gasteiger partial charge in [0, 0.05) is 17.7 Å². The zero-order valence-electron chi connectivity index (χ0n) is 23.4. The smallest absolute Gasteiger partial charge is 0.316 e. The number of anilines is 1. The van der Waals surface area contributed by atoms with E-state index in [1.807, 2.05) is 71.0 Å². The number of fused-ring (bicyclic) bond motifs is 1. The fourth-order valence-corrected chi connectivity index (χ4v) is 4.93. The molecule has 3 aromatic rings. The van der Waals surface area contributed by atoms with Crippen LogP contribution in [-0.2, 0) is 17.6 Å². The maximum Gasteiger partial charge on any atom is 0.316 e. The van der Waals surface area contributed by atoms with Gasteiger partial charge in [-0.3, -0.25) is 9.59 Å². The molecule has 0 saturated heterocycles. The number of carbonyl (C=O) groups is 2. The number of hydrogen-bond acceptors (Lipinski definition) is 5. The lowest BCUT2D eigenvalue weighted by Gasteiger charge is -2.33. The normalized spacial score (nSPS) is 15.0. The van der Waals surface area contributed by atoms with Gasteiger partial charge in [0.15, 0.2) is 11.6 Å². The number of esters is 1. The molecule has 0 heterocycles. The van der Waals surface area contributed by atoms with E-state index < -0.39 is 17.0 Å². The highest BCUT2D eigenvalue weighted by Crippen LogP contribution is 2.41. The molecule has 1 atom stereocenters. The van der Waals surface area contributed by atoms with E-state index in [9.17, 15) is 19.1 Å². The number of nitrogens with zero attached hydrogens (tertiary/aromatic N) is 1. The van der Waals surface area contributed by atoms with Crippen molar-refractivity contribution in [3.63, 3.8) is 0 Å². The van der Waals surface area contributed by atoms with Gasteiger partial charge in [-0.2, -0.15) is 0 Å². The minimum absolute atomic E-state index is 0.131. The lowest BCUT2D eigenvalue weighted by atomic mass is 9.79. The van der Waals surface area contributed by atoms with Crippen LogP contribution in [0, 0.1) is 11.2 Å². The lowest BCUT2D eigenvalue weighted by molar-refractivity contribution is -0.143. The van der Waals surface area contributed by atoms with Crippen molar-refractivity contribution >= 4 is 17.6 Å². The Morgan fingerprint density at radius 2 is 1.72 bits per heavy atom. The Bertz CT molecular complexity index is 1390. The Kier molecular flexibility index (Phi) is 8.00. The standard InChI is InChI=1S/C32H36FNO5/c1-19(2)34(30(36)23-10-14-29(35)27(33)17-23)28-18-24(38-6)12-13-26(28)22-8-7-21-16-25(11-9-20(21)15-22)39-31(37)32(3,4)5/h9-14,16-19,22,35H,7-8,15H2,1-6H3/t22-/m1/s1. The number of hydrogen-bond donors (Lipinski definition) is 1. The summed E-state index contributed by atoms with van der Waals surface area (Å²) >= 11 is 0. The summed E-state index contributed by atoms with van der Waals surface area (Å²) in [4.78, 5) is 27.7. The maximum absolute atomic E-state index is 14.1. The van der Waals surface area contributed by atoms with Gasteiger partial charge < -0.3 is 19.5 Å². The number of phenols is 1. The molecule has 0 bridgehead atoms. The zero-order chi connectivity index (χ0) is 28.5. The predicted molar refractivity (Wildman–Crippen MR) is 149 cm³/mol. The molecule has 4 rings (SSSR count). The summed E-state index contributed by atoms with van der Waals surface area (Å²) in [6, 6.07) is 15.0. The van der Waals surface area contributed by atoms with E-state index in [-0.39, 0.29) is 29.4 Å². The number of aryl methyl sites for hydroxylation is 1. The van der Waals surface area contributed by atoms with Crippen LogP contribution in [0.2, 0.25) is 0 Å². The molecular formula is C32H36FNO5. The molecule has 6 nitrogen and oxygen atoms in total. The molecule has 1 N–H and O–H groups in total. The molecule has 1 aliphatic carbocycles. The third-order valence-corrected chi connectivity index (χ3v) is 7.10. The summed E-state index contributed by atoms with van der Waals surface area (Å²) in [5.41, 5.74) is 3.61. The van der Waals surface area contributed by atoms with Crippen molar-refractivity contribution in [3.8, 4) is 17.2 Å². The van der Waals surface area contributed by atoms with Gasteiger partial charge in [0.1, 0.15) is 11.5 Å². The fourth-order valence-electron chi connectivity index (χ4n) is 4.93. The first kappa shape index (κ1) is 28.1. The van der Waals surface area contributed by atoms with Crippen molar-refractivity contribution in [3.05, 3.63) is 82.7 Å². The number of rotatable bonds is 6. The summed E-state index contributed by atoms with van der Waals surface area (Å²) in [6.45, 7) is 9.30. The number of methoxy groups -OCH3 is 1. The topological polar surface area (TPSA) is 76.1 Å². The maximum atomic E-state index is 14.1. The van der Waals surface area contributed by atoms with E-state index in [2.05, 4.69) is 0 Å². The van der Waals surface area contributed by atoms with Crippen molar-refractivity contribution in [2.24, 2.45) is 5.41 Å². The number of phenolic OH excluding ortho intramolecular Hbond substituents is 1. The number of halogens is 1. The van der Waals surface area contributed by atoms with Gasteiger partial charge in [0.25, 0.3) is 5.91 Å². The minimum Gasteiger partial charge on any atom is -0.505 e. The molecular weight excluding hydrogens is 497 g/mol. The zero-order valence-corrected chi connectivity index (χ0v) is 23.4. The van der Waals surface area contributed by atoms with E-state index in [0.29, 0.717) is 17.2 Å². The van der Waals surface area contributed by atoms with Gasteiger partial charge >= 0.3 is 5.97 Å². The number of benzene rings is 3. The molecule has 0 fully saturated rings. The molecule has 1 amide bonds. The highest BCUT2D eigenvalue weighted by atomic mass is 19.1. The third kappa shape index (κ3) is 6.08.